The molecular formula is C15H25NOS2. The average molecular weight is 300 g/mol. The average Bonchev–Trinajstić information content (AvgIpc) is 2.83. The molecule has 0 saturated heterocycles. The number of fused-ring (bicyclic) bond motifs is 1. The maximum atomic E-state index is 5.52. The molecule has 2 rings (SSSR count). The monoisotopic (exact) mass is 299 g/mol. The number of hydrogen-bond acceptors (Lipinski definition) is 4. The van der Waals surface area contributed by atoms with E-state index in [9.17, 15) is 0 Å². The zero-order valence-corrected chi connectivity index (χ0v) is 14.0. The number of methoxy groups -OCH3 is 1. The molecule has 0 aliphatic carbocycles. The number of hydrogen-bond donors (Lipinski definition) is 1. The van der Waals surface area contributed by atoms with Crippen LogP contribution in [0.4, 0.5) is 0 Å². The first-order valence-corrected chi connectivity index (χ1v) is 8.94. The van der Waals surface area contributed by atoms with Gasteiger partial charge in [-0.1, -0.05) is 0 Å². The van der Waals surface area contributed by atoms with Crippen molar-refractivity contribution in [3.8, 4) is 0 Å². The van der Waals surface area contributed by atoms with Crippen LogP contribution in [-0.4, -0.2) is 25.5 Å². The zero-order valence-electron chi connectivity index (χ0n) is 12.4. The number of thiophene rings is 1. The molecule has 1 aliphatic rings. The van der Waals surface area contributed by atoms with E-state index >= 15 is 0 Å². The lowest BCUT2D eigenvalue weighted by molar-refractivity contribution is 0.0119. The maximum absolute atomic E-state index is 5.52. The summed E-state index contributed by atoms with van der Waals surface area (Å²) < 4.78 is 5.52. The van der Waals surface area contributed by atoms with Gasteiger partial charge in [0.25, 0.3) is 0 Å². The van der Waals surface area contributed by atoms with E-state index in [1.165, 1.54) is 22.8 Å². The van der Waals surface area contributed by atoms with Gasteiger partial charge in [0.2, 0.25) is 0 Å². The van der Waals surface area contributed by atoms with Crippen LogP contribution in [0.1, 0.15) is 48.0 Å². The van der Waals surface area contributed by atoms with Crippen molar-refractivity contribution in [2.24, 2.45) is 0 Å². The summed E-state index contributed by atoms with van der Waals surface area (Å²) >= 11 is 4.07. The Morgan fingerprint density at radius 1 is 1.47 bits per heavy atom. The molecule has 0 amide bonds. The summed E-state index contributed by atoms with van der Waals surface area (Å²) in [5.74, 6) is 2.49. The van der Waals surface area contributed by atoms with Gasteiger partial charge in [-0.2, -0.15) is 11.8 Å². The quantitative estimate of drug-likeness (QED) is 0.858. The second kappa shape index (κ2) is 6.61. The molecule has 0 bridgehead atoms. The zero-order chi connectivity index (χ0) is 13.9. The molecule has 0 aromatic carbocycles. The molecule has 2 heterocycles. The lowest BCUT2D eigenvalue weighted by Gasteiger charge is -2.25. The van der Waals surface area contributed by atoms with Gasteiger partial charge in [0.15, 0.2) is 0 Å². The van der Waals surface area contributed by atoms with Crippen LogP contribution >= 0.6 is 23.1 Å². The lowest BCUT2D eigenvalue weighted by atomic mass is 9.98. The highest BCUT2D eigenvalue weighted by molar-refractivity contribution is 7.98. The van der Waals surface area contributed by atoms with E-state index in [0.717, 1.165) is 12.8 Å². The molecule has 0 radical (unpaired) electrons. The van der Waals surface area contributed by atoms with Crippen LogP contribution in [-0.2, 0) is 16.9 Å². The summed E-state index contributed by atoms with van der Waals surface area (Å²) in [6.07, 6.45) is 3.46. The number of nitrogens with one attached hydrogen (secondary N) is 1. The normalized spacial score (nSPS) is 17.3. The van der Waals surface area contributed by atoms with Crippen LogP contribution in [0.15, 0.2) is 6.07 Å². The summed E-state index contributed by atoms with van der Waals surface area (Å²) in [4.78, 5) is 3.11. The molecule has 2 nitrogen and oxygen atoms in total. The summed E-state index contributed by atoms with van der Waals surface area (Å²) in [7, 11) is 3.87. The van der Waals surface area contributed by atoms with E-state index in [1.54, 1.807) is 17.6 Å². The van der Waals surface area contributed by atoms with E-state index in [1.807, 2.05) is 11.3 Å². The summed E-state index contributed by atoms with van der Waals surface area (Å²) in [6.45, 7) is 4.33. The number of thioether (sulfide) groups is 1. The molecule has 1 atom stereocenters. The third-order valence-electron chi connectivity index (χ3n) is 3.93. The molecule has 1 aromatic rings. The predicted octanol–water partition coefficient (Wildman–Crippen LogP) is 4.00. The fraction of sp³-hybridized carbons (Fsp3) is 0.733. The Morgan fingerprint density at radius 2 is 2.26 bits per heavy atom. The Kier molecular flexibility index (Phi) is 5.35. The molecule has 108 valence electrons. The largest absolute Gasteiger partial charge is 0.379 e. The van der Waals surface area contributed by atoms with Gasteiger partial charge in [-0.3, -0.25) is 0 Å². The topological polar surface area (TPSA) is 21.3 Å². The van der Waals surface area contributed by atoms with E-state index < -0.39 is 0 Å². The van der Waals surface area contributed by atoms with Gasteiger partial charge in [-0.25, -0.2) is 0 Å². The van der Waals surface area contributed by atoms with E-state index in [2.05, 4.69) is 44.0 Å². The lowest BCUT2D eigenvalue weighted by Crippen LogP contribution is -2.25. The Balaban J connectivity index is 2.03. The van der Waals surface area contributed by atoms with Gasteiger partial charge in [0.05, 0.1) is 5.60 Å². The Labute approximate surface area is 125 Å². The molecule has 1 N–H and O–H groups in total. The summed E-state index contributed by atoms with van der Waals surface area (Å²) in [5, 5.41) is 3.47. The molecule has 4 heteroatoms. The molecule has 1 aliphatic heterocycles. The molecular weight excluding hydrogens is 274 g/mol. The van der Waals surface area contributed by atoms with E-state index in [0.29, 0.717) is 6.04 Å². The second-order valence-electron chi connectivity index (χ2n) is 5.74. The molecule has 0 fully saturated rings. The molecule has 0 saturated carbocycles. The van der Waals surface area contributed by atoms with Gasteiger partial charge in [0.1, 0.15) is 0 Å². The first kappa shape index (κ1) is 15.4. The van der Waals surface area contributed by atoms with Crippen LogP contribution in [0.3, 0.4) is 0 Å². The third-order valence-corrected chi connectivity index (χ3v) is 6.29. The highest BCUT2D eigenvalue weighted by Gasteiger charge is 2.22. The fourth-order valence-corrected chi connectivity index (χ4v) is 4.89. The smallest absolute Gasteiger partial charge is 0.0623 e. The minimum atomic E-state index is -0.0260. The number of ether oxygens (including phenoxy) is 1. The summed E-state index contributed by atoms with van der Waals surface area (Å²) in [6, 6.07) is 2.89. The second-order valence-corrected chi connectivity index (χ2v) is 8.02. The van der Waals surface area contributed by atoms with Crippen LogP contribution in [0.25, 0.3) is 0 Å². The maximum Gasteiger partial charge on any atom is 0.0623 e. The van der Waals surface area contributed by atoms with Crippen molar-refractivity contribution in [2.45, 2.75) is 50.5 Å². The number of aryl methyl sites for hydroxylation is 1. The van der Waals surface area contributed by atoms with Crippen LogP contribution in [0, 0.1) is 0 Å². The third kappa shape index (κ3) is 3.97. The highest BCUT2D eigenvalue weighted by Crippen LogP contribution is 2.36. The minimum Gasteiger partial charge on any atom is -0.379 e. The van der Waals surface area contributed by atoms with E-state index in [4.69, 9.17) is 4.74 Å². The van der Waals surface area contributed by atoms with Crippen molar-refractivity contribution in [1.82, 2.24) is 5.32 Å². The Morgan fingerprint density at radius 3 is 2.89 bits per heavy atom. The fourth-order valence-electron chi connectivity index (χ4n) is 2.36. The van der Waals surface area contributed by atoms with Crippen LogP contribution < -0.4 is 5.32 Å². The SMILES string of the molecule is CNC(CCC(C)(C)OC)c1cc2c(s1)CCSC2. The van der Waals surface area contributed by atoms with Crippen molar-refractivity contribution in [3.63, 3.8) is 0 Å². The molecule has 1 unspecified atom stereocenters. The molecule has 19 heavy (non-hydrogen) atoms. The minimum absolute atomic E-state index is 0.0260. The van der Waals surface area contributed by atoms with Gasteiger partial charge in [-0.15, -0.1) is 11.3 Å². The van der Waals surface area contributed by atoms with Crippen molar-refractivity contribution >= 4 is 23.1 Å². The first-order chi connectivity index (χ1) is 9.05. The highest BCUT2D eigenvalue weighted by atomic mass is 32.2. The van der Waals surface area contributed by atoms with Crippen molar-refractivity contribution < 1.29 is 4.74 Å². The Bertz CT molecular complexity index is 391. The van der Waals surface area contributed by atoms with Gasteiger partial charge >= 0.3 is 0 Å². The van der Waals surface area contributed by atoms with E-state index in [-0.39, 0.29) is 5.60 Å². The van der Waals surface area contributed by atoms with Crippen LogP contribution in [0.2, 0.25) is 0 Å². The van der Waals surface area contributed by atoms with Crippen LogP contribution in [0.5, 0.6) is 0 Å². The molecule has 0 spiro atoms. The summed E-state index contributed by atoms with van der Waals surface area (Å²) in [5.41, 5.74) is 1.55. The first-order valence-electron chi connectivity index (χ1n) is 6.97. The van der Waals surface area contributed by atoms with Gasteiger partial charge in [-0.05, 0) is 57.5 Å². The van der Waals surface area contributed by atoms with Crippen molar-refractivity contribution in [2.75, 3.05) is 19.9 Å². The van der Waals surface area contributed by atoms with Gasteiger partial charge in [0, 0.05) is 28.7 Å². The Hall–Kier alpha value is -0.0300. The predicted molar refractivity (Wildman–Crippen MR) is 86.3 cm³/mol. The molecule has 1 aromatic heterocycles. The van der Waals surface area contributed by atoms with Gasteiger partial charge < -0.3 is 10.1 Å². The number of rotatable bonds is 6. The standard InChI is InChI=1S/C15H25NOS2/c1-15(2,17-4)7-5-12(16-3)14-9-11-10-18-8-6-13(11)19-14/h9,12,16H,5-8,10H2,1-4H3. The van der Waals surface area contributed by atoms with Crippen molar-refractivity contribution in [3.05, 3.63) is 21.4 Å². The van der Waals surface area contributed by atoms with Crippen molar-refractivity contribution in [1.29, 1.82) is 0 Å².